The summed E-state index contributed by atoms with van der Waals surface area (Å²) in [6.07, 6.45) is 7.72. The van der Waals surface area contributed by atoms with Crippen LogP contribution in [0.15, 0.2) is 11.6 Å². The minimum atomic E-state index is 0.668. The number of carbonyl (C=O) groups excluding carboxylic acids is 1. The fourth-order valence-corrected chi connectivity index (χ4v) is 2.31. The van der Waals surface area contributed by atoms with Crippen molar-refractivity contribution in [2.75, 3.05) is 0 Å². The summed E-state index contributed by atoms with van der Waals surface area (Å²) >= 11 is 0. The molecule has 0 heterocycles. The van der Waals surface area contributed by atoms with Crippen LogP contribution in [0.4, 0.5) is 0 Å². The third-order valence-corrected chi connectivity index (χ3v) is 3.55. The Bertz CT molecular complexity index is 215. The Morgan fingerprint density at radius 1 is 1.57 bits per heavy atom. The third kappa shape index (κ3) is 2.97. The predicted octanol–water partition coefficient (Wildman–Crippen LogP) is 3.59. The minimum Gasteiger partial charge on any atom is -0.303 e. The highest BCUT2D eigenvalue weighted by atomic mass is 16.1. The van der Waals surface area contributed by atoms with Gasteiger partial charge in [0.1, 0.15) is 6.29 Å². The molecule has 2 unspecified atom stereocenters. The van der Waals surface area contributed by atoms with Gasteiger partial charge >= 0.3 is 0 Å². The maximum atomic E-state index is 10.4. The molecule has 80 valence electrons. The summed E-state index contributed by atoms with van der Waals surface area (Å²) in [5.41, 5.74) is 1.50. The van der Waals surface area contributed by atoms with Crippen molar-refractivity contribution in [1.29, 1.82) is 0 Å². The lowest BCUT2D eigenvalue weighted by atomic mass is 9.75. The molecule has 0 aromatic heterocycles. The standard InChI is InChI=1S/C13H22O/c1-10(2)12-7-6-11(3)13(9-12)5-4-8-14/h6,8,10,12-13H,4-5,7,9H2,1-3H3. The first-order valence-corrected chi connectivity index (χ1v) is 5.75. The number of hydrogen-bond acceptors (Lipinski definition) is 1. The quantitative estimate of drug-likeness (QED) is 0.493. The average Bonchev–Trinajstić information content (AvgIpc) is 2.16. The molecule has 0 bridgehead atoms. The van der Waals surface area contributed by atoms with Crippen molar-refractivity contribution in [3.63, 3.8) is 0 Å². The van der Waals surface area contributed by atoms with Crippen molar-refractivity contribution in [2.45, 2.75) is 46.5 Å². The molecule has 0 spiro atoms. The molecule has 1 aliphatic carbocycles. The van der Waals surface area contributed by atoms with Crippen molar-refractivity contribution in [2.24, 2.45) is 17.8 Å². The van der Waals surface area contributed by atoms with Gasteiger partial charge < -0.3 is 4.79 Å². The SMILES string of the molecule is CC1=CCC(C(C)C)CC1CCC=O. The van der Waals surface area contributed by atoms with Crippen LogP contribution in [-0.2, 0) is 4.79 Å². The van der Waals surface area contributed by atoms with Gasteiger partial charge in [-0.1, -0.05) is 25.5 Å². The van der Waals surface area contributed by atoms with Crippen LogP contribution in [0.25, 0.3) is 0 Å². The summed E-state index contributed by atoms with van der Waals surface area (Å²) in [6.45, 7) is 6.82. The molecular weight excluding hydrogens is 172 g/mol. The van der Waals surface area contributed by atoms with E-state index in [1.54, 1.807) is 0 Å². The Morgan fingerprint density at radius 2 is 2.29 bits per heavy atom. The summed E-state index contributed by atoms with van der Waals surface area (Å²) < 4.78 is 0. The number of aldehydes is 1. The monoisotopic (exact) mass is 194 g/mol. The number of rotatable bonds is 4. The van der Waals surface area contributed by atoms with Gasteiger partial charge in [-0.05, 0) is 43.9 Å². The van der Waals surface area contributed by atoms with Crippen molar-refractivity contribution < 1.29 is 4.79 Å². The van der Waals surface area contributed by atoms with Gasteiger partial charge in [-0.3, -0.25) is 0 Å². The first kappa shape index (κ1) is 11.5. The Morgan fingerprint density at radius 3 is 2.86 bits per heavy atom. The van der Waals surface area contributed by atoms with Crippen LogP contribution in [0, 0.1) is 17.8 Å². The maximum Gasteiger partial charge on any atom is 0.120 e. The molecule has 1 nitrogen and oxygen atoms in total. The zero-order chi connectivity index (χ0) is 10.6. The van der Waals surface area contributed by atoms with Crippen LogP contribution < -0.4 is 0 Å². The van der Waals surface area contributed by atoms with Crippen LogP contribution in [0.2, 0.25) is 0 Å². The lowest BCUT2D eigenvalue weighted by Gasteiger charge is -2.30. The van der Waals surface area contributed by atoms with Crippen LogP contribution in [0.1, 0.15) is 46.5 Å². The van der Waals surface area contributed by atoms with Gasteiger partial charge in [-0.25, -0.2) is 0 Å². The molecule has 1 aliphatic rings. The lowest BCUT2D eigenvalue weighted by molar-refractivity contribution is -0.108. The molecule has 0 radical (unpaired) electrons. The Labute approximate surface area is 87.6 Å². The second-order valence-corrected chi connectivity index (χ2v) is 4.86. The molecule has 0 amide bonds. The minimum absolute atomic E-state index is 0.668. The van der Waals surface area contributed by atoms with Crippen LogP contribution in [0.5, 0.6) is 0 Å². The van der Waals surface area contributed by atoms with Gasteiger partial charge in [0.2, 0.25) is 0 Å². The first-order chi connectivity index (χ1) is 6.65. The maximum absolute atomic E-state index is 10.4. The molecule has 0 aromatic carbocycles. The second kappa shape index (κ2) is 5.33. The van der Waals surface area contributed by atoms with Gasteiger partial charge in [-0.2, -0.15) is 0 Å². The first-order valence-electron chi connectivity index (χ1n) is 5.75. The zero-order valence-electron chi connectivity index (χ0n) is 9.62. The fourth-order valence-electron chi connectivity index (χ4n) is 2.31. The van der Waals surface area contributed by atoms with Gasteiger partial charge in [0.25, 0.3) is 0 Å². The molecule has 1 heteroatoms. The van der Waals surface area contributed by atoms with Crippen LogP contribution in [0.3, 0.4) is 0 Å². The topological polar surface area (TPSA) is 17.1 Å². The molecule has 0 N–H and O–H groups in total. The summed E-state index contributed by atoms with van der Waals surface area (Å²) in [4.78, 5) is 10.4. The van der Waals surface area contributed by atoms with E-state index in [2.05, 4.69) is 26.8 Å². The van der Waals surface area contributed by atoms with E-state index >= 15 is 0 Å². The van der Waals surface area contributed by atoms with Crippen LogP contribution >= 0.6 is 0 Å². The summed E-state index contributed by atoms with van der Waals surface area (Å²) in [7, 11) is 0. The van der Waals surface area contributed by atoms with Crippen molar-refractivity contribution in [3.8, 4) is 0 Å². The summed E-state index contributed by atoms with van der Waals surface area (Å²) in [5.74, 6) is 2.27. The molecule has 14 heavy (non-hydrogen) atoms. The molecule has 0 aromatic rings. The normalized spacial score (nSPS) is 27.6. The van der Waals surface area contributed by atoms with Gasteiger partial charge in [0, 0.05) is 6.42 Å². The highest BCUT2D eigenvalue weighted by Crippen LogP contribution is 2.35. The lowest BCUT2D eigenvalue weighted by Crippen LogP contribution is -2.19. The Balaban J connectivity index is 2.52. The molecule has 0 saturated heterocycles. The molecular formula is C13H22O. The summed E-state index contributed by atoms with van der Waals surface area (Å²) in [6, 6.07) is 0. The van der Waals surface area contributed by atoms with Gasteiger partial charge in [0.15, 0.2) is 0 Å². The second-order valence-electron chi connectivity index (χ2n) is 4.86. The van der Waals surface area contributed by atoms with Crippen molar-refractivity contribution in [3.05, 3.63) is 11.6 Å². The Hall–Kier alpha value is -0.590. The molecule has 2 atom stereocenters. The van der Waals surface area contributed by atoms with Crippen LogP contribution in [-0.4, -0.2) is 6.29 Å². The highest BCUT2D eigenvalue weighted by molar-refractivity contribution is 5.49. The number of hydrogen-bond donors (Lipinski definition) is 0. The smallest absolute Gasteiger partial charge is 0.120 e. The largest absolute Gasteiger partial charge is 0.303 e. The Kier molecular flexibility index (Phi) is 4.37. The number of carbonyl (C=O) groups is 1. The predicted molar refractivity (Wildman–Crippen MR) is 60.1 cm³/mol. The van der Waals surface area contributed by atoms with Gasteiger partial charge in [0.05, 0.1) is 0 Å². The highest BCUT2D eigenvalue weighted by Gasteiger charge is 2.23. The van der Waals surface area contributed by atoms with Crippen molar-refractivity contribution >= 4 is 6.29 Å². The fraction of sp³-hybridized carbons (Fsp3) is 0.769. The molecule has 0 aliphatic heterocycles. The van der Waals surface area contributed by atoms with E-state index in [0.717, 1.165) is 31.0 Å². The van der Waals surface area contributed by atoms with E-state index in [1.165, 1.54) is 18.4 Å². The third-order valence-electron chi connectivity index (χ3n) is 3.55. The van der Waals surface area contributed by atoms with E-state index in [1.807, 2.05) is 0 Å². The van der Waals surface area contributed by atoms with E-state index in [-0.39, 0.29) is 0 Å². The molecule has 1 rings (SSSR count). The van der Waals surface area contributed by atoms with E-state index < -0.39 is 0 Å². The molecule has 0 saturated carbocycles. The zero-order valence-corrected chi connectivity index (χ0v) is 9.62. The summed E-state index contributed by atoms with van der Waals surface area (Å²) in [5, 5.41) is 0. The molecule has 0 fully saturated rings. The van der Waals surface area contributed by atoms with E-state index in [4.69, 9.17) is 0 Å². The number of allylic oxidation sites excluding steroid dienone is 2. The van der Waals surface area contributed by atoms with E-state index in [0.29, 0.717) is 5.92 Å². The average molecular weight is 194 g/mol. The van der Waals surface area contributed by atoms with Crippen molar-refractivity contribution in [1.82, 2.24) is 0 Å². The van der Waals surface area contributed by atoms with E-state index in [9.17, 15) is 4.79 Å². The van der Waals surface area contributed by atoms with Gasteiger partial charge in [-0.15, -0.1) is 0 Å².